The number of fused-ring (bicyclic) bond motifs is 1. The van der Waals surface area contributed by atoms with Crippen LogP contribution in [0.2, 0.25) is 0 Å². The summed E-state index contributed by atoms with van der Waals surface area (Å²) in [5, 5.41) is 9.47. The maximum absolute atomic E-state index is 15.0. The average Bonchev–Trinajstić information content (AvgIpc) is 3.53. The summed E-state index contributed by atoms with van der Waals surface area (Å²) >= 11 is 0. The summed E-state index contributed by atoms with van der Waals surface area (Å²) in [4.78, 5) is 29.8. The maximum atomic E-state index is 15.0. The number of sulfonamides is 1. The molecule has 2 heterocycles. The second-order valence-corrected chi connectivity index (χ2v) is 16.8. The third-order valence-corrected chi connectivity index (χ3v) is 12.2. The molecule has 3 aromatic carbocycles. The quantitative estimate of drug-likeness (QED) is 0.136. The van der Waals surface area contributed by atoms with Gasteiger partial charge in [0.2, 0.25) is 10.0 Å². The van der Waals surface area contributed by atoms with Gasteiger partial charge < -0.3 is 39.0 Å². The van der Waals surface area contributed by atoms with E-state index in [1.807, 2.05) is 45.0 Å². The van der Waals surface area contributed by atoms with Gasteiger partial charge in [-0.25, -0.2) is 17.6 Å². The van der Waals surface area contributed by atoms with Crippen LogP contribution >= 0.6 is 0 Å². The zero-order chi connectivity index (χ0) is 42.7. The fourth-order valence-electron chi connectivity index (χ4n) is 6.81. The van der Waals surface area contributed by atoms with Crippen molar-refractivity contribution < 1.29 is 45.9 Å². The molecule has 14 nitrogen and oxygen atoms in total. The molecule has 0 unspecified atom stereocenters. The van der Waals surface area contributed by atoms with Crippen LogP contribution in [0.15, 0.2) is 76.1 Å². The van der Waals surface area contributed by atoms with Crippen LogP contribution in [0.4, 0.5) is 20.6 Å². The first-order valence-electron chi connectivity index (χ1n) is 19.9. The summed E-state index contributed by atoms with van der Waals surface area (Å²) in [5.74, 6) is 0.235. The monoisotopic (exact) mass is 837 g/mol. The van der Waals surface area contributed by atoms with Crippen molar-refractivity contribution >= 4 is 33.3 Å². The minimum atomic E-state index is -4.01. The summed E-state index contributed by atoms with van der Waals surface area (Å²) < 4.78 is 72.2. The Kier molecular flexibility index (Phi) is 15.9. The second-order valence-electron chi connectivity index (χ2n) is 14.9. The Bertz CT molecular complexity index is 2090. The molecule has 4 aromatic rings. The van der Waals surface area contributed by atoms with Gasteiger partial charge in [0.05, 0.1) is 49.0 Å². The molecular weight excluding hydrogens is 782 g/mol. The van der Waals surface area contributed by atoms with Crippen molar-refractivity contribution in [2.45, 2.75) is 90.6 Å². The lowest BCUT2D eigenvalue weighted by atomic mass is 10.0. The Morgan fingerprint density at radius 3 is 2.44 bits per heavy atom. The highest BCUT2D eigenvalue weighted by Crippen LogP contribution is 2.30. The Morgan fingerprint density at radius 2 is 1.78 bits per heavy atom. The molecule has 2 N–H and O–H groups in total. The fourth-order valence-corrected chi connectivity index (χ4v) is 8.28. The van der Waals surface area contributed by atoms with E-state index >= 15 is 0 Å². The lowest BCUT2D eigenvalue weighted by molar-refractivity contribution is -0.0134. The number of urea groups is 1. The predicted octanol–water partition coefficient (Wildman–Crippen LogP) is 7.81. The first-order chi connectivity index (χ1) is 28.2. The number of aryl methyl sites for hydroxylation is 2. The van der Waals surface area contributed by atoms with E-state index in [1.54, 1.807) is 51.0 Å². The maximum Gasteiger partial charge on any atom is 0.323 e. The van der Waals surface area contributed by atoms with Gasteiger partial charge >= 0.3 is 6.03 Å². The molecule has 59 heavy (non-hydrogen) atoms. The van der Waals surface area contributed by atoms with Crippen LogP contribution in [0.1, 0.15) is 74.3 Å². The van der Waals surface area contributed by atoms with Crippen LogP contribution in [0.5, 0.6) is 11.5 Å². The van der Waals surface area contributed by atoms with Crippen LogP contribution in [0, 0.1) is 25.6 Å². The van der Waals surface area contributed by atoms with E-state index in [4.69, 9.17) is 23.5 Å². The van der Waals surface area contributed by atoms with E-state index in [0.717, 1.165) is 29.9 Å². The van der Waals surface area contributed by atoms with E-state index in [1.165, 1.54) is 16.4 Å². The number of carbonyl (C=O) groups excluding carboxylic acids is 2. The molecule has 320 valence electrons. The van der Waals surface area contributed by atoms with Gasteiger partial charge in [-0.15, -0.1) is 0 Å². The number of carbonyl (C=O) groups is 2. The molecule has 5 rings (SSSR count). The Labute approximate surface area is 346 Å². The molecule has 0 bridgehead atoms. The molecule has 0 saturated carbocycles. The van der Waals surface area contributed by atoms with Crippen LogP contribution < -0.4 is 20.1 Å². The average molecular weight is 838 g/mol. The lowest BCUT2D eigenvalue weighted by Gasteiger charge is -2.36. The summed E-state index contributed by atoms with van der Waals surface area (Å²) in [6.45, 7) is 12.0. The Morgan fingerprint density at radius 1 is 1.05 bits per heavy atom. The highest BCUT2D eigenvalue weighted by atomic mass is 32.2. The molecule has 1 aliphatic heterocycles. The molecule has 1 aromatic heterocycles. The molecule has 16 heteroatoms. The van der Waals surface area contributed by atoms with Crippen LogP contribution in [-0.2, 0) is 26.1 Å². The van der Waals surface area contributed by atoms with Crippen molar-refractivity contribution in [1.29, 1.82) is 0 Å². The highest BCUT2D eigenvalue weighted by Gasteiger charge is 2.33. The van der Waals surface area contributed by atoms with Gasteiger partial charge in [-0.3, -0.25) is 4.79 Å². The molecule has 0 aliphatic carbocycles. The van der Waals surface area contributed by atoms with Crippen molar-refractivity contribution in [2.75, 3.05) is 50.6 Å². The number of nitrogens with one attached hydrogen (secondary N) is 2. The van der Waals surface area contributed by atoms with Crippen LogP contribution in [0.3, 0.4) is 0 Å². The minimum Gasteiger partial charge on any atom is -0.497 e. The van der Waals surface area contributed by atoms with E-state index in [-0.39, 0.29) is 61.2 Å². The molecule has 3 amide bonds. The zero-order valence-corrected chi connectivity index (χ0v) is 35.6. The van der Waals surface area contributed by atoms with E-state index < -0.39 is 34.0 Å². The predicted molar refractivity (Wildman–Crippen MR) is 222 cm³/mol. The number of benzene rings is 3. The number of anilines is 2. The summed E-state index contributed by atoms with van der Waals surface area (Å²) in [6, 6.07) is 16.2. The van der Waals surface area contributed by atoms with E-state index in [9.17, 15) is 22.4 Å². The molecule has 1 aliphatic rings. The van der Waals surface area contributed by atoms with Crippen molar-refractivity contribution in [3.63, 3.8) is 0 Å². The summed E-state index contributed by atoms with van der Waals surface area (Å²) in [5.41, 5.74) is 2.46. The molecule has 0 saturated heterocycles. The number of methoxy groups -OCH3 is 1. The van der Waals surface area contributed by atoms with Gasteiger partial charge in [0.1, 0.15) is 28.7 Å². The van der Waals surface area contributed by atoms with Gasteiger partial charge in [-0.05, 0) is 107 Å². The Balaban J connectivity index is 1.47. The van der Waals surface area contributed by atoms with Crippen molar-refractivity contribution in [3.05, 3.63) is 95.1 Å². The number of hydrogen-bond acceptors (Lipinski definition) is 10. The smallest absolute Gasteiger partial charge is 0.323 e. The number of ether oxygens (including phenoxy) is 4. The van der Waals surface area contributed by atoms with Crippen LogP contribution in [-0.4, -0.2) is 92.9 Å². The number of rotatable bonds is 13. The summed E-state index contributed by atoms with van der Waals surface area (Å²) in [7, 11) is -2.40. The van der Waals surface area contributed by atoms with Crippen molar-refractivity contribution in [1.82, 2.24) is 14.4 Å². The number of hydrogen-bond donors (Lipinski definition) is 2. The summed E-state index contributed by atoms with van der Waals surface area (Å²) in [6.07, 6.45) is 1.23. The van der Waals surface area contributed by atoms with Gasteiger partial charge in [-0.1, -0.05) is 31.1 Å². The molecule has 0 radical (unpaired) electrons. The topological polar surface area (TPSA) is 162 Å². The fraction of sp³-hybridized carbons (Fsp3) is 0.465. The lowest BCUT2D eigenvalue weighted by Crippen LogP contribution is -2.48. The Hall–Kier alpha value is -5.03. The first kappa shape index (κ1) is 45.1. The van der Waals surface area contributed by atoms with Gasteiger partial charge in [0, 0.05) is 37.8 Å². The normalized spacial score (nSPS) is 18.7. The standard InChI is InChI=1S/C43H56FN5O9S/c1-8-48(59(52,53)37-19-14-34(44)15-20-37)25-40-28(2)24-49(29(3)26-55-27-33-12-17-36(54-7)18-13-33)42(50)38-23-35(45-43(51)46-41-31(5)47-58-32(41)6)16-21-39(38)57-30(4)11-9-10-22-56-40/h12-21,23,28-30,40H,8-11,22,24-27H2,1-7H3,(H2,45,46,51)/t28-,29+,30+,40+/m1/s1. The molecule has 0 fully saturated rings. The second kappa shape index (κ2) is 20.8. The van der Waals surface area contributed by atoms with E-state index in [2.05, 4.69) is 15.8 Å². The van der Waals surface area contributed by atoms with Gasteiger partial charge in [0.25, 0.3) is 5.91 Å². The molecular formula is C43H56FN5O9S. The number of nitrogens with zero attached hydrogens (tertiary/aromatic N) is 3. The number of likely N-dealkylation sites (N-methyl/N-ethyl adjacent to an activating group) is 1. The third-order valence-electron chi connectivity index (χ3n) is 10.3. The molecule has 4 atom stereocenters. The number of halogens is 1. The van der Waals surface area contributed by atoms with Gasteiger partial charge in [0.15, 0.2) is 5.76 Å². The first-order valence-corrected chi connectivity index (χ1v) is 21.3. The van der Waals surface area contributed by atoms with Crippen molar-refractivity contribution in [2.24, 2.45) is 5.92 Å². The SMILES string of the molecule is CCN(C[C@@H]1OCCCC[C@H](C)Oc2ccc(NC(=O)Nc3c(C)noc3C)cc2C(=O)N([C@@H](C)COCc2ccc(OC)cc2)C[C@H]1C)S(=O)(=O)c1ccc(F)cc1. The highest BCUT2D eigenvalue weighted by molar-refractivity contribution is 7.89. The van der Waals surface area contributed by atoms with Crippen LogP contribution in [0.25, 0.3) is 0 Å². The number of aromatic nitrogens is 1. The molecule has 0 spiro atoms. The largest absolute Gasteiger partial charge is 0.497 e. The third kappa shape index (κ3) is 12.0. The van der Waals surface area contributed by atoms with E-state index in [0.29, 0.717) is 48.0 Å². The minimum absolute atomic E-state index is 0.00612. The van der Waals surface area contributed by atoms with Gasteiger partial charge in [-0.2, -0.15) is 4.31 Å². The van der Waals surface area contributed by atoms with Crippen molar-refractivity contribution in [3.8, 4) is 11.5 Å². The zero-order valence-electron chi connectivity index (χ0n) is 34.8. The number of amides is 3.